The zero-order chi connectivity index (χ0) is 13.2. The number of aromatic nitrogens is 1. The Morgan fingerprint density at radius 1 is 1.17 bits per heavy atom. The molecule has 94 valence electrons. The fraction of sp³-hybridized carbons (Fsp3) is 0.308. The number of allylic oxidation sites excluding steroid dienone is 1. The van der Waals surface area contributed by atoms with Gasteiger partial charge in [-0.1, -0.05) is 6.08 Å². The monoisotopic (exact) mass is 247 g/mol. The Labute approximate surface area is 104 Å². The van der Waals surface area contributed by atoms with E-state index in [-0.39, 0.29) is 5.57 Å². The second-order valence-electron chi connectivity index (χ2n) is 4.36. The number of pyridine rings is 1. The molecule has 1 aromatic heterocycles. The van der Waals surface area contributed by atoms with Crippen molar-refractivity contribution >= 4 is 11.9 Å². The van der Waals surface area contributed by atoms with Crippen LogP contribution in [0.15, 0.2) is 36.2 Å². The molecule has 0 bridgehead atoms. The summed E-state index contributed by atoms with van der Waals surface area (Å²) in [4.78, 5) is 27.2. The average Bonchev–Trinajstić information content (AvgIpc) is 2.27. The van der Waals surface area contributed by atoms with Gasteiger partial charge in [0.25, 0.3) is 5.79 Å². The maximum absolute atomic E-state index is 11.6. The molecule has 2 heterocycles. The summed E-state index contributed by atoms with van der Waals surface area (Å²) in [6.07, 6.45) is 5.25. The van der Waals surface area contributed by atoms with Crippen LogP contribution in [0.25, 0.3) is 0 Å². The Morgan fingerprint density at radius 2 is 1.72 bits per heavy atom. The summed E-state index contributed by atoms with van der Waals surface area (Å²) in [5.41, 5.74) is 0.883. The van der Waals surface area contributed by atoms with Gasteiger partial charge in [0, 0.05) is 26.2 Å². The predicted molar refractivity (Wildman–Crippen MR) is 62.3 cm³/mol. The fourth-order valence-corrected chi connectivity index (χ4v) is 1.57. The molecule has 1 aliphatic rings. The molecule has 1 fully saturated rings. The van der Waals surface area contributed by atoms with Crippen molar-refractivity contribution in [3.63, 3.8) is 0 Å². The molecule has 0 saturated carbocycles. The van der Waals surface area contributed by atoms with Crippen molar-refractivity contribution in [3.05, 3.63) is 41.7 Å². The second-order valence-corrected chi connectivity index (χ2v) is 4.36. The standard InChI is InChI=1S/C13H13NO4/c1-13(2)17-11(15)10(12(16)18-13)4-3-9-5-7-14-8-6-9/h4-8H,3H2,1-2H3. The van der Waals surface area contributed by atoms with Crippen molar-refractivity contribution in [2.45, 2.75) is 26.1 Å². The SMILES string of the molecule is CC1(C)OC(=O)C(=CCc2ccncc2)C(=O)O1. The van der Waals surface area contributed by atoms with E-state index in [2.05, 4.69) is 4.98 Å². The lowest BCUT2D eigenvalue weighted by Gasteiger charge is -2.29. The molecule has 0 unspecified atom stereocenters. The minimum atomic E-state index is -1.19. The molecular formula is C13H13NO4. The van der Waals surface area contributed by atoms with E-state index in [1.807, 2.05) is 0 Å². The van der Waals surface area contributed by atoms with Crippen LogP contribution < -0.4 is 0 Å². The lowest BCUT2D eigenvalue weighted by atomic mass is 10.1. The number of hydrogen-bond donors (Lipinski definition) is 0. The molecule has 5 nitrogen and oxygen atoms in total. The molecule has 18 heavy (non-hydrogen) atoms. The fourth-order valence-electron chi connectivity index (χ4n) is 1.57. The number of cyclic esters (lactones) is 2. The Morgan fingerprint density at radius 3 is 2.28 bits per heavy atom. The second kappa shape index (κ2) is 4.60. The molecule has 0 spiro atoms. The molecule has 5 heteroatoms. The summed E-state index contributed by atoms with van der Waals surface area (Å²) >= 11 is 0. The number of carbonyl (C=O) groups excluding carboxylic acids is 2. The Hall–Kier alpha value is -2.17. The molecule has 1 aliphatic heterocycles. The number of ether oxygens (including phenoxy) is 2. The molecule has 0 amide bonds. The average molecular weight is 247 g/mol. The number of carbonyl (C=O) groups is 2. The minimum Gasteiger partial charge on any atom is -0.419 e. The van der Waals surface area contributed by atoms with E-state index in [1.54, 1.807) is 24.5 Å². The van der Waals surface area contributed by atoms with Crippen molar-refractivity contribution in [2.24, 2.45) is 0 Å². The van der Waals surface area contributed by atoms with Gasteiger partial charge < -0.3 is 9.47 Å². The minimum absolute atomic E-state index is 0.0638. The highest BCUT2D eigenvalue weighted by atomic mass is 16.7. The maximum Gasteiger partial charge on any atom is 0.348 e. The first-order valence-electron chi connectivity index (χ1n) is 5.54. The molecule has 0 atom stereocenters. The normalized spacial score (nSPS) is 18.0. The highest BCUT2D eigenvalue weighted by Gasteiger charge is 2.38. The van der Waals surface area contributed by atoms with Crippen LogP contribution in [0.5, 0.6) is 0 Å². The maximum atomic E-state index is 11.6. The predicted octanol–water partition coefficient (Wildman–Crippen LogP) is 1.39. The highest BCUT2D eigenvalue weighted by molar-refractivity contribution is 6.15. The quantitative estimate of drug-likeness (QED) is 0.449. The lowest BCUT2D eigenvalue weighted by molar-refractivity contribution is -0.222. The summed E-state index contributed by atoms with van der Waals surface area (Å²) < 4.78 is 9.97. The Kier molecular flexibility index (Phi) is 3.14. The summed E-state index contributed by atoms with van der Waals surface area (Å²) in [5, 5.41) is 0. The van der Waals surface area contributed by atoms with E-state index < -0.39 is 17.7 Å². The first-order valence-corrected chi connectivity index (χ1v) is 5.54. The molecule has 1 saturated heterocycles. The summed E-state index contributed by atoms with van der Waals surface area (Å²) in [6.45, 7) is 3.03. The third-order valence-corrected chi connectivity index (χ3v) is 2.41. The van der Waals surface area contributed by atoms with Gasteiger partial charge in [0.2, 0.25) is 0 Å². The van der Waals surface area contributed by atoms with Crippen molar-refractivity contribution in [1.82, 2.24) is 4.98 Å². The van der Waals surface area contributed by atoms with Gasteiger partial charge in [-0.05, 0) is 24.1 Å². The van der Waals surface area contributed by atoms with Crippen molar-refractivity contribution < 1.29 is 19.1 Å². The number of rotatable bonds is 2. The number of esters is 2. The summed E-state index contributed by atoms with van der Waals surface area (Å²) in [6, 6.07) is 3.61. The van der Waals surface area contributed by atoms with Crippen LogP contribution >= 0.6 is 0 Å². The first-order chi connectivity index (χ1) is 8.48. The molecule has 0 aromatic carbocycles. The van der Waals surface area contributed by atoms with E-state index in [1.165, 1.54) is 19.9 Å². The summed E-state index contributed by atoms with van der Waals surface area (Å²) in [7, 11) is 0. The Bertz CT molecular complexity index is 483. The Balaban J connectivity index is 2.14. The lowest BCUT2D eigenvalue weighted by Crippen LogP contribution is -2.41. The topological polar surface area (TPSA) is 65.5 Å². The summed E-state index contributed by atoms with van der Waals surface area (Å²) in [5.74, 6) is -2.49. The molecular weight excluding hydrogens is 234 g/mol. The zero-order valence-corrected chi connectivity index (χ0v) is 10.2. The largest absolute Gasteiger partial charge is 0.419 e. The molecule has 2 rings (SSSR count). The van der Waals surface area contributed by atoms with Crippen molar-refractivity contribution in [1.29, 1.82) is 0 Å². The van der Waals surface area contributed by atoms with Crippen LogP contribution in [-0.2, 0) is 25.5 Å². The van der Waals surface area contributed by atoms with Crippen molar-refractivity contribution in [2.75, 3.05) is 0 Å². The molecule has 1 aromatic rings. The van der Waals surface area contributed by atoms with Gasteiger partial charge in [0.05, 0.1) is 0 Å². The van der Waals surface area contributed by atoms with Crippen molar-refractivity contribution in [3.8, 4) is 0 Å². The van der Waals surface area contributed by atoms with Crippen LogP contribution in [0.1, 0.15) is 19.4 Å². The van der Waals surface area contributed by atoms with Crippen LogP contribution in [0, 0.1) is 0 Å². The smallest absolute Gasteiger partial charge is 0.348 e. The third-order valence-electron chi connectivity index (χ3n) is 2.41. The highest BCUT2D eigenvalue weighted by Crippen LogP contribution is 2.22. The van der Waals surface area contributed by atoms with Crippen LogP contribution in [0.3, 0.4) is 0 Å². The van der Waals surface area contributed by atoms with E-state index in [0.29, 0.717) is 6.42 Å². The molecule has 0 N–H and O–H groups in total. The molecule has 0 radical (unpaired) electrons. The number of nitrogens with zero attached hydrogens (tertiary/aromatic N) is 1. The van der Waals surface area contributed by atoms with Gasteiger partial charge in [-0.15, -0.1) is 0 Å². The van der Waals surface area contributed by atoms with Gasteiger partial charge in [-0.2, -0.15) is 0 Å². The van der Waals surface area contributed by atoms with Gasteiger partial charge in [-0.25, -0.2) is 9.59 Å². The third kappa shape index (κ3) is 2.74. The van der Waals surface area contributed by atoms with Gasteiger partial charge >= 0.3 is 11.9 Å². The van der Waals surface area contributed by atoms with Crippen LogP contribution in [0.4, 0.5) is 0 Å². The van der Waals surface area contributed by atoms with E-state index >= 15 is 0 Å². The van der Waals surface area contributed by atoms with Gasteiger partial charge in [0.15, 0.2) is 0 Å². The van der Waals surface area contributed by atoms with E-state index in [4.69, 9.17) is 9.47 Å². The van der Waals surface area contributed by atoms with E-state index in [9.17, 15) is 9.59 Å². The van der Waals surface area contributed by atoms with Crippen LogP contribution in [-0.4, -0.2) is 22.7 Å². The van der Waals surface area contributed by atoms with Gasteiger partial charge in [-0.3, -0.25) is 4.98 Å². The number of hydrogen-bond acceptors (Lipinski definition) is 5. The first kappa shape index (κ1) is 12.3. The van der Waals surface area contributed by atoms with E-state index in [0.717, 1.165) is 5.56 Å². The van der Waals surface area contributed by atoms with Gasteiger partial charge in [0.1, 0.15) is 5.57 Å². The zero-order valence-electron chi connectivity index (χ0n) is 10.2. The molecule has 0 aliphatic carbocycles. The van der Waals surface area contributed by atoms with Crippen LogP contribution in [0.2, 0.25) is 0 Å².